The number of allylic oxidation sites excluding steroid dienone is 1. The van der Waals surface area contributed by atoms with E-state index < -0.39 is 5.54 Å². The first-order chi connectivity index (χ1) is 18.4. The Balaban J connectivity index is 1.43. The minimum Gasteiger partial charge on any atom is -0.497 e. The van der Waals surface area contributed by atoms with Crippen LogP contribution in [0.15, 0.2) is 42.1 Å². The molecule has 3 amide bonds. The topological polar surface area (TPSA) is 80.8 Å². The van der Waals surface area contributed by atoms with Crippen molar-refractivity contribution in [2.75, 3.05) is 48.1 Å². The second-order valence-corrected chi connectivity index (χ2v) is 9.80. The van der Waals surface area contributed by atoms with Crippen molar-refractivity contribution < 1.29 is 28.5 Å². The van der Waals surface area contributed by atoms with Crippen LogP contribution in [0.5, 0.6) is 23.0 Å². The van der Waals surface area contributed by atoms with Gasteiger partial charge in [-0.3, -0.25) is 9.69 Å². The molecule has 0 aliphatic carbocycles. The molecule has 0 N–H and O–H groups in total. The second kappa shape index (κ2) is 10.1. The van der Waals surface area contributed by atoms with Gasteiger partial charge < -0.3 is 28.7 Å². The molecule has 202 valence electrons. The van der Waals surface area contributed by atoms with Crippen molar-refractivity contribution in [3.8, 4) is 23.0 Å². The van der Waals surface area contributed by atoms with Gasteiger partial charge in [-0.2, -0.15) is 0 Å². The summed E-state index contributed by atoms with van der Waals surface area (Å²) in [5.74, 6) is 2.55. The third-order valence-corrected chi connectivity index (χ3v) is 8.10. The van der Waals surface area contributed by atoms with Gasteiger partial charge in [-0.15, -0.1) is 0 Å². The third-order valence-electron chi connectivity index (χ3n) is 8.10. The van der Waals surface area contributed by atoms with Gasteiger partial charge in [0.25, 0.3) is 5.91 Å². The predicted octanol–water partition coefficient (Wildman–Crippen LogP) is 4.09. The van der Waals surface area contributed by atoms with Gasteiger partial charge in [-0.25, -0.2) is 4.79 Å². The number of likely N-dealkylation sites (N-methyl/N-ethyl adjacent to an activating group) is 1. The van der Waals surface area contributed by atoms with E-state index in [4.69, 9.17) is 18.9 Å². The smallest absolute Gasteiger partial charge is 0.325 e. The molecule has 2 aromatic rings. The van der Waals surface area contributed by atoms with E-state index >= 15 is 0 Å². The van der Waals surface area contributed by atoms with E-state index in [-0.39, 0.29) is 11.9 Å². The quantitative estimate of drug-likeness (QED) is 0.570. The van der Waals surface area contributed by atoms with E-state index in [1.54, 1.807) is 46.6 Å². The van der Waals surface area contributed by atoms with E-state index in [1.807, 2.05) is 33.8 Å². The molecule has 9 heteroatoms. The number of benzene rings is 2. The summed E-state index contributed by atoms with van der Waals surface area (Å²) in [7, 11) is 6.43. The number of methoxy groups -OCH3 is 4. The number of ether oxygens (including phenoxy) is 4. The van der Waals surface area contributed by atoms with Crippen molar-refractivity contribution >= 4 is 11.9 Å². The third kappa shape index (κ3) is 4.10. The Hall–Kier alpha value is -3.88. The van der Waals surface area contributed by atoms with Crippen molar-refractivity contribution in [2.45, 2.75) is 38.3 Å². The zero-order valence-corrected chi connectivity index (χ0v) is 22.7. The first kappa shape index (κ1) is 25.8. The van der Waals surface area contributed by atoms with Crippen LogP contribution in [-0.2, 0) is 13.0 Å². The van der Waals surface area contributed by atoms with Crippen LogP contribution >= 0.6 is 0 Å². The molecule has 5 rings (SSSR count). The zero-order chi connectivity index (χ0) is 27.0. The molecule has 2 aromatic carbocycles. The van der Waals surface area contributed by atoms with Crippen molar-refractivity contribution in [1.82, 2.24) is 14.7 Å². The number of fused-ring (bicyclic) bond motifs is 3. The lowest BCUT2D eigenvalue weighted by molar-refractivity contribution is 0.0575. The highest BCUT2D eigenvalue weighted by Gasteiger charge is 2.54. The average Bonchev–Trinajstić information content (AvgIpc) is 3.06. The van der Waals surface area contributed by atoms with Gasteiger partial charge in [-0.05, 0) is 49.9 Å². The summed E-state index contributed by atoms with van der Waals surface area (Å²) < 4.78 is 21.9. The molecule has 2 fully saturated rings. The summed E-state index contributed by atoms with van der Waals surface area (Å²) in [5.41, 5.74) is 3.19. The van der Waals surface area contributed by atoms with Crippen LogP contribution in [-0.4, -0.2) is 80.3 Å². The number of rotatable bonds is 6. The average molecular weight is 522 g/mol. The summed E-state index contributed by atoms with van der Waals surface area (Å²) >= 11 is 0. The highest BCUT2D eigenvalue weighted by atomic mass is 16.5. The molecule has 3 aliphatic heterocycles. The van der Waals surface area contributed by atoms with Crippen molar-refractivity contribution in [3.63, 3.8) is 0 Å². The van der Waals surface area contributed by atoms with Crippen molar-refractivity contribution in [3.05, 3.63) is 58.8 Å². The standard InChI is InChI=1S/C29H35N3O6/c1-6-32-28(34)31-18-20-15-23(37-4)17-25(38-5)24(20)7-8-26(31)29(32)9-11-30(12-10-29)27(33)19-13-21(35-2)16-22(14-19)36-3/h8,13-17H,6-7,9-12,18H2,1-5H3. The highest BCUT2D eigenvalue weighted by Crippen LogP contribution is 2.47. The van der Waals surface area contributed by atoms with E-state index in [9.17, 15) is 9.59 Å². The van der Waals surface area contributed by atoms with Gasteiger partial charge in [-0.1, -0.05) is 6.08 Å². The lowest BCUT2D eigenvalue weighted by Gasteiger charge is -2.44. The molecule has 0 bridgehead atoms. The van der Waals surface area contributed by atoms with Gasteiger partial charge in [0, 0.05) is 48.6 Å². The summed E-state index contributed by atoms with van der Waals surface area (Å²) in [6.45, 7) is 4.15. The van der Waals surface area contributed by atoms with Crippen LogP contribution < -0.4 is 18.9 Å². The molecule has 0 atom stereocenters. The number of hydrogen-bond acceptors (Lipinski definition) is 6. The van der Waals surface area contributed by atoms with E-state index in [0.717, 1.165) is 22.6 Å². The lowest BCUT2D eigenvalue weighted by Crippen LogP contribution is -2.54. The lowest BCUT2D eigenvalue weighted by atomic mass is 9.83. The molecule has 38 heavy (non-hydrogen) atoms. The largest absolute Gasteiger partial charge is 0.497 e. The zero-order valence-electron chi connectivity index (χ0n) is 22.7. The first-order valence-electron chi connectivity index (χ1n) is 12.9. The molecule has 0 aromatic heterocycles. The molecule has 2 saturated heterocycles. The summed E-state index contributed by atoms with van der Waals surface area (Å²) in [6.07, 6.45) is 4.17. The molecular formula is C29H35N3O6. The van der Waals surface area contributed by atoms with E-state index in [0.29, 0.717) is 68.3 Å². The summed E-state index contributed by atoms with van der Waals surface area (Å²) in [6, 6.07) is 9.11. The van der Waals surface area contributed by atoms with Gasteiger partial charge in [0.15, 0.2) is 0 Å². The Morgan fingerprint density at radius 3 is 2.11 bits per heavy atom. The van der Waals surface area contributed by atoms with Gasteiger partial charge >= 0.3 is 6.03 Å². The highest BCUT2D eigenvalue weighted by molar-refractivity contribution is 5.95. The Bertz CT molecular complexity index is 1260. The Kier molecular flexibility index (Phi) is 6.86. The Morgan fingerprint density at radius 2 is 1.53 bits per heavy atom. The van der Waals surface area contributed by atoms with E-state index in [1.165, 1.54) is 0 Å². The number of nitrogens with zero attached hydrogens (tertiary/aromatic N) is 3. The first-order valence-corrected chi connectivity index (χ1v) is 12.9. The van der Waals surface area contributed by atoms with Crippen LogP contribution in [0.2, 0.25) is 0 Å². The number of hydrogen-bond donors (Lipinski definition) is 0. The van der Waals surface area contributed by atoms with Crippen LogP contribution in [0.1, 0.15) is 41.3 Å². The predicted molar refractivity (Wildman–Crippen MR) is 142 cm³/mol. The maximum absolute atomic E-state index is 13.7. The van der Waals surface area contributed by atoms with Crippen molar-refractivity contribution in [1.29, 1.82) is 0 Å². The molecule has 0 unspecified atom stereocenters. The maximum Gasteiger partial charge on any atom is 0.325 e. The number of carbonyl (C=O) groups is 2. The number of likely N-dealkylation sites (tertiary alicyclic amines) is 1. The minimum absolute atomic E-state index is 0.00527. The Labute approximate surface area is 223 Å². The maximum atomic E-state index is 13.7. The number of carbonyl (C=O) groups excluding carboxylic acids is 2. The van der Waals surface area contributed by atoms with Crippen LogP contribution in [0.3, 0.4) is 0 Å². The molecule has 1 spiro atoms. The van der Waals surface area contributed by atoms with Gasteiger partial charge in [0.05, 0.1) is 40.5 Å². The number of amides is 3. The Morgan fingerprint density at radius 1 is 0.895 bits per heavy atom. The van der Waals surface area contributed by atoms with Crippen molar-refractivity contribution in [2.24, 2.45) is 0 Å². The van der Waals surface area contributed by atoms with Crippen LogP contribution in [0.4, 0.5) is 4.79 Å². The fourth-order valence-electron chi connectivity index (χ4n) is 6.15. The fraction of sp³-hybridized carbons (Fsp3) is 0.448. The van der Waals surface area contributed by atoms with Gasteiger partial charge in [0.1, 0.15) is 23.0 Å². The summed E-state index contributed by atoms with van der Waals surface area (Å²) in [4.78, 5) is 32.9. The normalized spacial score (nSPS) is 18.0. The molecule has 0 saturated carbocycles. The molecule has 0 radical (unpaired) electrons. The monoisotopic (exact) mass is 521 g/mol. The summed E-state index contributed by atoms with van der Waals surface area (Å²) in [5, 5.41) is 0. The van der Waals surface area contributed by atoms with Gasteiger partial charge in [0.2, 0.25) is 0 Å². The molecule has 3 aliphatic rings. The second-order valence-electron chi connectivity index (χ2n) is 9.80. The molecule has 3 heterocycles. The van der Waals surface area contributed by atoms with Crippen LogP contribution in [0.25, 0.3) is 0 Å². The minimum atomic E-state index is -0.450. The van der Waals surface area contributed by atoms with E-state index in [2.05, 4.69) is 6.08 Å². The number of urea groups is 1. The molecule has 9 nitrogen and oxygen atoms in total. The van der Waals surface area contributed by atoms with Crippen LogP contribution in [0, 0.1) is 0 Å². The molecular weight excluding hydrogens is 486 g/mol. The SMILES string of the molecule is CCN1C(=O)N2Cc3cc(OC)cc(OC)c3CC=C2C12CCN(C(=O)c1cc(OC)cc(OC)c1)CC2. The number of piperidine rings is 1. The fourth-order valence-corrected chi connectivity index (χ4v) is 6.15.